The Morgan fingerprint density at radius 2 is 1.65 bits per heavy atom. The summed E-state index contributed by atoms with van der Waals surface area (Å²) in [6.07, 6.45) is 0.789. The van der Waals surface area contributed by atoms with E-state index >= 15 is 0 Å². The second-order valence-corrected chi connectivity index (χ2v) is 8.97. The molecule has 3 aromatic rings. The Kier molecular flexibility index (Phi) is 5.40. The third-order valence-electron chi connectivity index (χ3n) is 6.80. The fraction of sp³-hybridized carbons (Fsp3) is 0.222. The van der Waals surface area contributed by atoms with Crippen molar-refractivity contribution in [2.45, 2.75) is 38.6 Å². The van der Waals surface area contributed by atoms with Crippen LogP contribution in [0.3, 0.4) is 0 Å². The molecule has 0 radical (unpaired) electrons. The molecule has 0 spiro atoms. The number of hydrogen-bond donors (Lipinski definition) is 2. The summed E-state index contributed by atoms with van der Waals surface area (Å²) in [6.45, 7) is 4.02. The standard InChI is InChI=1S/C27H24FN3O3/c1-15-11-21-22(12-16(15)2)30-27(20-5-3-4-6-24(20)31(33)34)26-23(29-21)13-18(14-25(26)32)17-7-9-19(28)10-8-17/h3-12,18,27,29-30H,13-14H2,1-2H3/t18-,27-/m1/s1. The van der Waals surface area contributed by atoms with E-state index in [-0.39, 0.29) is 29.6 Å². The molecule has 172 valence electrons. The van der Waals surface area contributed by atoms with Gasteiger partial charge in [-0.1, -0.05) is 24.3 Å². The minimum absolute atomic E-state index is 0.0346. The maximum Gasteiger partial charge on any atom is 0.275 e. The molecule has 1 heterocycles. The second kappa shape index (κ2) is 8.41. The van der Waals surface area contributed by atoms with Crippen molar-refractivity contribution in [1.29, 1.82) is 0 Å². The molecule has 0 saturated heterocycles. The first-order valence-corrected chi connectivity index (χ1v) is 11.2. The summed E-state index contributed by atoms with van der Waals surface area (Å²) in [4.78, 5) is 25.0. The Balaban J connectivity index is 1.67. The third-order valence-corrected chi connectivity index (χ3v) is 6.80. The lowest BCUT2D eigenvalue weighted by molar-refractivity contribution is -0.385. The van der Waals surface area contributed by atoms with Gasteiger partial charge in [0.05, 0.1) is 27.9 Å². The predicted octanol–water partition coefficient (Wildman–Crippen LogP) is 6.33. The van der Waals surface area contributed by atoms with Gasteiger partial charge in [0.2, 0.25) is 0 Å². The number of nitrogens with zero attached hydrogens (tertiary/aromatic N) is 1. The van der Waals surface area contributed by atoms with Crippen LogP contribution < -0.4 is 10.6 Å². The number of Topliss-reactive ketones (excluding diaryl/α,β-unsaturated/α-hetero) is 1. The van der Waals surface area contributed by atoms with Gasteiger partial charge < -0.3 is 10.6 Å². The number of nitro benzene ring substituents is 1. The Morgan fingerprint density at radius 3 is 2.35 bits per heavy atom. The number of aryl methyl sites for hydroxylation is 2. The fourth-order valence-corrected chi connectivity index (χ4v) is 4.92. The molecular weight excluding hydrogens is 433 g/mol. The average Bonchev–Trinajstić information content (AvgIpc) is 2.96. The molecule has 6 nitrogen and oxygen atoms in total. The lowest BCUT2D eigenvalue weighted by Gasteiger charge is -2.29. The van der Waals surface area contributed by atoms with Crippen LogP contribution in [0.25, 0.3) is 0 Å². The van der Waals surface area contributed by atoms with Crippen LogP contribution in [0.15, 0.2) is 71.9 Å². The van der Waals surface area contributed by atoms with Gasteiger partial charge >= 0.3 is 0 Å². The third kappa shape index (κ3) is 3.83. The number of para-hydroxylation sites is 1. The van der Waals surface area contributed by atoms with Crippen molar-refractivity contribution >= 4 is 22.8 Å². The maximum atomic E-state index is 13.6. The summed E-state index contributed by atoms with van der Waals surface area (Å²) in [5, 5.41) is 18.7. The van der Waals surface area contributed by atoms with Gasteiger partial charge in [0.1, 0.15) is 5.82 Å². The lowest BCUT2D eigenvalue weighted by Crippen LogP contribution is -2.27. The molecule has 0 saturated carbocycles. The molecule has 7 heteroatoms. The van der Waals surface area contributed by atoms with Crippen LogP contribution in [0, 0.1) is 29.8 Å². The van der Waals surface area contributed by atoms with E-state index in [2.05, 4.69) is 10.6 Å². The smallest absolute Gasteiger partial charge is 0.275 e. The molecule has 2 atom stereocenters. The first-order chi connectivity index (χ1) is 16.3. The number of benzene rings is 3. The number of hydrogen-bond acceptors (Lipinski definition) is 5. The first kappa shape index (κ1) is 21.8. The molecule has 1 aliphatic carbocycles. The van der Waals surface area contributed by atoms with Gasteiger partial charge in [0.25, 0.3) is 5.69 Å². The van der Waals surface area contributed by atoms with Crippen molar-refractivity contribution in [3.05, 3.63) is 110 Å². The summed E-state index contributed by atoms with van der Waals surface area (Å²) in [5.74, 6) is -0.516. The summed E-state index contributed by atoms with van der Waals surface area (Å²) in [7, 11) is 0. The molecule has 0 amide bonds. The summed E-state index contributed by atoms with van der Waals surface area (Å²) < 4.78 is 13.5. The Bertz CT molecular complexity index is 1350. The van der Waals surface area contributed by atoms with Crippen LogP contribution in [-0.2, 0) is 4.79 Å². The van der Waals surface area contributed by atoms with Gasteiger partial charge in [0.15, 0.2) is 5.78 Å². The van der Waals surface area contributed by atoms with Crippen LogP contribution in [0.2, 0.25) is 0 Å². The molecule has 0 aromatic heterocycles. The van der Waals surface area contributed by atoms with E-state index < -0.39 is 11.0 Å². The number of rotatable bonds is 3. The van der Waals surface area contributed by atoms with E-state index in [0.29, 0.717) is 17.6 Å². The van der Waals surface area contributed by atoms with Crippen LogP contribution >= 0.6 is 0 Å². The molecule has 1 aliphatic heterocycles. The molecule has 0 unspecified atom stereocenters. The predicted molar refractivity (Wildman–Crippen MR) is 129 cm³/mol. The normalized spacial score (nSPS) is 19.4. The van der Waals surface area contributed by atoms with E-state index in [9.17, 15) is 19.3 Å². The van der Waals surface area contributed by atoms with Crippen LogP contribution in [0.4, 0.5) is 21.5 Å². The largest absolute Gasteiger partial charge is 0.372 e. The molecule has 5 rings (SSSR count). The van der Waals surface area contributed by atoms with Crippen LogP contribution in [-0.4, -0.2) is 10.7 Å². The SMILES string of the molecule is Cc1cc2c(cc1C)N[C@H](c1ccccc1[N+](=O)[O-])C1=C(C[C@@H](c3ccc(F)cc3)CC1=O)N2. The fourth-order valence-electron chi connectivity index (χ4n) is 4.92. The Hall–Kier alpha value is -4.00. The van der Waals surface area contributed by atoms with Crippen molar-refractivity contribution in [3.8, 4) is 0 Å². The highest BCUT2D eigenvalue weighted by atomic mass is 19.1. The highest BCUT2D eigenvalue weighted by molar-refractivity contribution is 6.01. The van der Waals surface area contributed by atoms with Crippen molar-refractivity contribution in [2.75, 3.05) is 10.6 Å². The molecule has 34 heavy (non-hydrogen) atoms. The van der Waals surface area contributed by atoms with Gasteiger partial charge in [-0.25, -0.2) is 4.39 Å². The number of nitro groups is 1. The highest BCUT2D eigenvalue weighted by Gasteiger charge is 2.38. The zero-order chi connectivity index (χ0) is 24.0. The average molecular weight is 458 g/mol. The first-order valence-electron chi connectivity index (χ1n) is 11.2. The van der Waals surface area contributed by atoms with Gasteiger partial charge in [-0.3, -0.25) is 14.9 Å². The molecule has 3 aromatic carbocycles. The number of fused-ring (bicyclic) bond motifs is 1. The highest BCUT2D eigenvalue weighted by Crippen LogP contribution is 2.46. The van der Waals surface area contributed by atoms with Crippen LogP contribution in [0.5, 0.6) is 0 Å². The summed E-state index contributed by atoms with van der Waals surface area (Å²) in [6, 6.07) is 16.1. The van der Waals surface area contributed by atoms with Crippen molar-refractivity contribution in [1.82, 2.24) is 0 Å². The van der Waals surface area contributed by atoms with Gasteiger partial charge in [-0.2, -0.15) is 0 Å². The minimum Gasteiger partial charge on any atom is -0.372 e. The van der Waals surface area contributed by atoms with Crippen molar-refractivity contribution in [2.24, 2.45) is 0 Å². The Labute approximate surface area is 196 Å². The maximum absolute atomic E-state index is 13.6. The monoisotopic (exact) mass is 457 g/mol. The van der Waals surface area contributed by atoms with Crippen molar-refractivity contribution < 1.29 is 14.1 Å². The number of halogens is 1. The molecule has 2 N–H and O–H groups in total. The lowest BCUT2D eigenvalue weighted by atomic mass is 9.78. The quantitative estimate of drug-likeness (QED) is 0.355. The van der Waals surface area contributed by atoms with E-state index in [4.69, 9.17) is 0 Å². The van der Waals surface area contributed by atoms with Crippen molar-refractivity contribution in [3.63, 3.8) is 0 Å². The number of ketones is 1. The van der Waals surface area contributed by atoms with E-state index in [0.717, 1.165) is 33.8 Å². The minimum atomic E-state index is -0.672. The molecule has 0 fully saturated rings. The van der Waals surface area contributed by atoms with Gasteiger partial charge in [-0.05, 0) is 73.2 Å². The number of carbonyl (C=O) groups is 1. The number of allylic oxidation sites excluding steroid dienone is 1. The van der Waals surface area contributed by atoms with E-state index in [1.165, 1.54) is 18.2 Å². The molecule has 2 aliphatic rings. The zero-order valence-electron chi connectivity index (χ0n) is 18.9. The van der Waals surface area contributed by atoms with E-state index in [1.807, 2.05) is 26.0 Å². The zero-order valence-corrected chi connectivity index (χ0v) is 18.9. The van der Waals surface area contributed by atoms with E-state index in [1.54, 1.807) is 30.3 Å². The number of carbonyl (C=O) groups excluding carboxylic acids is 1. The second-order valence-electron chi connectivity index (χ2n) is 8.97. The van der Waals surface area contributed by atoms with Gasteiger partial charge in [-0.15, -0.1) is 0 Å². The Morgan fingerprint density at radius 1 is 0.971 bits per heavy atom. The molecular formula is C27H24FN3O3. The number of nitrogens with one attached hydrogen (secondary N) is 2. The van der Waals surface area contributed by atoms with Crippen LogP contribution in [0.1, 0.15) is 47.1 Å². The number of anilines is 2. The molecule has 0 bridgehead atoms. The topological polar surface area (TPSA) is 84.3 Å². The summed E-state index contributed by atoms with van der Waals surface area (Å²) >= 11 is 0. The summed E-state index contributed by atoms with van der Waals surface area (Å²) in [5.41, 5.74) is 6.33. The van der Waals surface area contributed by atoms with Gasteiger partial charge in [0, 0.05) is 23.8 Å².